The fourth-order valence-corrected chi connectivity index (χ4v) is 3.61. The molecule has 3 aromatic carbocycles. The van der Waals surface area contributed by atoms with E-state index in [2.05, 4.69) is 110 Å². The van der Waals surface area contributed by atoms with E-state index in [0.717, 1.165) is 6.42 Å². The smallest absolute Gasteiger partial charge is 0.0147 e. The molecular weight excluding hydrogens is 300 g/mol. The minimum Gasteiger partial charge on any atom is -0.0739 e. The highest BCUT2D eigenvalue weighted by Crippen LogP contribution is 2.39. The van der Waals surface area contributed by atoms with Gasteiger partial charge in [0.05, 0.1) is 0 Å². The number of rotatable bonds is 3. The van der Waals surface area contributed by atoms with Crippen LogP contribution >= 0.6 is 0 Å². The first-order chi connectivity index (χ1) is 12.2. The van der Waals surface area contributed by atoms with Gasteiger partial charge in [-0.3, -0.25) is 0 Å². The van der Waals surface area contributed by atoms with Gasteiger partial charge in [-0.25, -0.2) is 0 Å². The van der Waals surface area contributed by atoms with Crippen molar-refractivity contribution in [3.05, 3.63) is 114 Å². The highest BCUT2D eigenvalue weighted by molar-refractivity contribution is 5.73. The van der Waals surface area contributed by atoms with Crippen LogP contribution < -0.4 is 0 Å². The minimum atomic E-state index is 0.0590. The second-order valence-electron chi connectivity index (χ2n) is 6.95. The van der Waals surface area contributed by atoms with Crippen molar-refractivity contribution in [2.45, 2.75) is 18.8 Å². The number of hydrogen-bond donors (Lipinski definition) is 0. The average molecular weight is 322 g/mol. The Morgan fingerprint density at radius 3 is 1.88 bits per heavy atom. The topological polar surface area (TPSA) is 0 Å². The van der Waals surface area contributed by atoms with E-state index in [1.165, 1.54) is 27.8 Å². The summed E-state index contributed by atoms with van der Waals surface area (Å²) in [5, 5.41) is 0. The van der Waals surface area contributed by atoms with Crippen LogP contribution in [0.15, 0.2) is 103 Å². The van der Waals surface area contributed by atoms with Crippen LogP contribution in [0, 0.1) is 0 Å². The molecule has 0 saturated carbocycles. The van der Waals surface area contributed by atoms with Crippen LogP contribution in [-0.4, -0.2) is 0 Å². The standard InChI is InChI=1S/C25H22/c1-25(24-12-6-3-7-13-24)18-8-11-23(19-25)22-16-14-21(15-17-22)20-9-4-2-5-10-20/h2-18H,19H2,1H3. The first kappa shape index (κ1) is 15.7. The van der Waals surface area contributed by atoms with Gasteiger partial charge in [0.2, 0.25) is 0 Å². The third-order valence-electron chi connectivity index (χ3n) is 5.12. The van der Waals surface area contributed by atoms with Crippen LogP contribution in [0.3, 0.4) is 0 Å². The fourth-order valence-electron chi connectivity index (χ4n) is 3.61. The molecular formula is C25H22. The van der Waals surface area contributed by atoms with Crippen molar-refractivity contribution in [1.82, 2.24) is 0 Å². The van der Waals surface area contributed by atoms with Crippen LogP contribution in [0.25, 0.3) is 16.7 Å². The van der Waals surface area contributed by atoms with Crippen molar-refractivity contribution in [3.8, 4) is 11.1 Å². The van der Waals surface area contributed by atoms with Crippen molar-refractivity contribution >= 4 is 5.57 Å². The maximum Gasteiger partial charge on any atom is 0.0147 e. The zero-order valence-corrected chi connectivity index (χ0v) is 14.5. The summed E-state index contributed by atoms with van der Waals surface area (Å²) in [6.07, 6.45) is 7.81. The lowest BCUT2D eigenvalue weighted by Gasteiger charge is -2.30. The third-order valence-corrected chi connectivity index (χ3v) is 5.12. The zero-order chi connectivity index (χ0) is 17.1. The molecule has 0 bridgehead atoms. The maximum atomic E-state index is 2.32. The summed E-state index contributed by atoms with van der Waals surface area (Å²) in [6.45, 7) is 2.32. The first-order valence-electron chi connectivity index (χ1n) is 8.84. The lowest BCUT2D eigenvalue weighted by molar-refractivity contribution is 0.609. The van der Waals surface area contributed by atoms with Crippen molar-refractivity contribution < 1.29 is 0 Å². The van der Waals surface area contributed by atoms with E-state index in [4.69, 9.17) is 0 Å². The molecule has 122 valence electrons. The quantitative estimate of drug-likeness (QED) is 0.506. The number of benzene rings is 3. The molecule has 1 aliphatic carbocycles. The molecule has 0 amide bonds. The van der Waals surface area contributed by atoms with Crippen LogP contribution in [0.5, 0.6) is 0 Å². The molecule has 25 heavy (non-hydrogen) atoms. The highest BCUT2D eigenvalue weighted by Gasteiger charge is 2.27. The van der Waals surface area contributed by atoms with Gasteiger partial charge in [-0.05, 0) is 34.2 Å². The lowest BCUT2D eigenvalue weighted by atomic mass is 9.73. The molecule has 0 heteroatoms. The average Bonchev–Trinajstić information content (AvgIpc) is 2.70. The van der Waals surface area contributed by atoms with Crippen molar-refractivity contribution in [3.63, 3.8) is 0 Å². The van der Waals surface area contributed by atoms with E-state index in [-0.39, 0.29) is 5.41 Å². The van der Waals surface area contributed by atoms with Gasteiger partial charge < -0.3 is 0 Å². The summed E-state index contributed by atoms with van der Waals surface area (Å²) in [5.74, 6) is 0. The molecule has 0 heterocycles. The van der Waals surface area contributed by atoms with E-state index in [1.54, 1.807) is 0 Å². The number of hydrogen-bond acceptors (Lipinski definition) is 0. The summed E-state index contributed by atoms with van der Waals surface area (Å²) >= 11 is 0. The molecule has 4 rings (SSSR count). The first-order valence-corrected chi connectivity index (χ1v) is 8.84. The summed E-state index contributed by atoms with van der Waals surface area (Å²) in [6, 6.07) is 30.3. The van der Waals surface area contributed by atoms with Gasteiger partial charge in [0.1, 0.15) is 0 Å². The van der Waals surface area contributed by atoms with Gasteiger partial charge in [0.25, 0.3) is 0 Å². The van der Waals surface area contributed by atoms with Crippen molar-refractivity contribution in [1.29, 1.82) is 0 Å². The fraction of sp³-hybridized carbons (Fsp3) is 0.120. The summed E-state index contributed by atoms with van der Waals surface area (Å²) in [7, 11) is 0. The minimum absolute atomic E-state index is 0.0590. The normalized spacial score (nSPS) is 19.5. The second kappa shape index (κ2) is 6.57. The third kappa shape index (κ3) is 3.21. The molecule has 0 fully saturated rings. The Morgan fingerprint density at radius 1 is 0.640 bits per heavy atom. The summed E-state index contributed by atoms with van der Waals surface area (Å²) in [5.41, 5.74) is 6.67. The predicted molar refractivity (Wildman–Crippen MR) is 107 cm³/mol. The van der Waals surface area contributed by atoms with Crippen LogP contribution in [0.4, 0.5) is 0 Å². The van der Waals surface area contributed by atoms with E-state index in [9.17, 15) is 0 Å². The van der Waals surface area contributed by atoms with Crippen molar-refractivity contribution in [2.24, 2.45) is 0 Å². The molecule has 0 nitrogen and oxygen atoms in total. The van der Waals surface area contributed by atoms with E-state index in [1.807, 2.05) is 0 Å². The molecule has 1 unspecified atom stereocenters. The zero-order valence-electron chi connectivity index (χ0n) is 14.5. The Morgan fingerprint density at radius 2 is 1.20 bits per heavy atom. The maximum absolute atomic E-state index is 2.32. The van der Waals surface area contributed by atoms with Gasteiger partial charge in [-0.2, -0.15) is 0 Å². The molecule has 0 saturated heterocycles. The Bertz CT molecular complexity index is 899. The largest absolute Gasteiger partial charge is 0.0739 e. The molecule has 0 N–H and O–H groups in total. The molecule has 0 aromatic heterocycles. The van der Waals surface area contributed by atoms with E-state index < -0.39 is 0 Å². The monoisotopic (exact) mass is 322 g/mol. The summed E-state index contributed by atoms with van der Waals surface area (Å²) < 4.78 is 0. The molecule has 0 radical (unpaired) electrons. The Labute approximate surface area is 150 Å². The van der Waals surface area contributed by atoms with Gasteiger partial charge in [-0.15, -0.1) is 0 Å². The van der Waals surface area contributed by atoms with Gasteiger partial charge in [0.15, 0.2) is 0 Å². The Balaban J connectivity index is 1.60. The van der Waals surface area contributed by atoms with Gasteiger partial charge >= 0.3 is 0 Å². The van der Waals surface area contributed by atoms with Gasteiger partial charge in [-0.1, -0.05) is 110 Å². The lowest BCUT2D eigenvalue weighted by Crippen LogP contribution is -2.21. The van der Waals surface area contributed by atoms with Crippen LogP contribution in [0.1, 0.15) is 24.5 Å². The number of allylic oxidation sites excluding steroid dienone is 4. The Kier molecular flexibility index (Phi) is 4.11. The van der Waals surface area contributed by atoms with Crippen LogP contribution in [-0.2, 0) is 5.41 Å². The predicted octanol–water partition coefficient (Wildman–Crippen LogP) is 6.65. The molecule has 0 spiro atoms. The SMILES string of the molecule is CC1(c2ccccc2)C=CC=C(c2ccc(-c3ccccc3)cc2)C1. The molecule has 3 aromatic rings. The van der Waals surface area contributed by atoms with Gasteiger partial charge in [0, 0.05) is 5.41 Å². The van der Waals surface area contributed by atoms with Crippen molar-refractivity contribution in [2.75, 3.05) is 0 Å². The summed E-state index contributed by atoms with van der Waals surface area (Å²) in [4.78, 5) is 0. The van der Waals surface area contributed by atoms with Crippen LogP contribution in [0.2, 0.25) is 0 Å². The van der Waals surface area contributed by atoms with E-state index in [0.29, 0.717) is 0 Å². The molecule has 1 atom stereocenters. The van der Waals surface area contributed by atoms with E-state index >= 15 is 0 Å². The Hall–Kier alpha value is -2.86. The molecule has 1 aliphatic rings. The molecule has 0 aliphatic heterocycles. The highest BCUT2D eigenvalue weighted by atomic mass is 14.3. The second-order valence-corrected chi connectivity index (χ2v) is 6.95.